The van der Waals surface area contributed by atoms with Crippen LogP contribution in [0.4, 0.5) is 0 Å². The lowest BCUT2D eigenvalue weighted by Gasteiger charge is -1.96. The predicted molar refractivity (Wildman–Crippen MR) is 81.8 cm³/mol. The maximum absolute atomic E-state index is 5.51. The first-order valence-corrected chi connectivity index (χ1v) is 7.73. The molecule has 0 aliphatic heterocycles. The fraction of sp³-hybridized carbons (Fsp3) is 0.214. The van der Waals surface area contributed by atoms with Crippen LogP contribution in [0, 0.1) is 0 Å². The van der Waals surface area contributed by atoms with Crippen LogP contribution in [0.15, 0.2) is 46.2 Å². The van der Waals surface area contributed by atoms with Gasteiger partial charge in [-0.3, -0.25) is 0 Å². The van der Waals surface area contributed by atoms with Crippen LogP contribution in [0.25, 0.3) is 23.0 Å². The highest BCUT2D eigenvalue weighted by atomic mass is 32.2. The van der Waals surface area contributed by atoms with Crippen molar-refractivity contribution in [2.24, 2.45) is 5.73 Å². The molecule has 0 amide bonds. The van der Waals surface area contributed by atoms with Crippen molar-refractivity contribution in [1.29, 1.82) is 0 Å². The van der Waals surface area contributed by atoms with Gasteiger partial charge < -0.3 is 14.8 Å². The third kappa shape index (κ3) is 2.98. The Balaban J connectivity index is 1.84. The Hall–Kier alpha value is -2.12. The molecule has 0 atom stereocenters. The molecule has 0 unspecified atom stereocenters. The second kappa shape index (κ2) is 6.11. The Morgan fingerprint density at radius 2 is 2.10 bits per heavy atom. The van der Waals surface area contributed by atoms with Crippen LogP contribution < -0.4 is 5.73 Å². The fourth-order valence-corrected chi connectivity index (χ4v) is 2.34. The van der Waals surface area contributed by atoms with Gasteiger partial charge in [0, 0.05) is 29.7 Å². The lowest BCUT2D eigenvalue weighted by Crippen LogP contribution is -2.07. The predicted octanol–water partition coefficient (Wildman–Crippen LogP) is 2.28. The molecule has 3 rings (SSSR count). The highest BCUT2D eigenvalue weighted by Crippen LogP contribution is 2.23. The second-order valence-electron chi connectivity index (χ2n) is 4.44. The SMILES string of the molecule is CSc1ccc(-c2noc(-c3cn(CCN)cn3)n2)cc1. The molecule has 0 aliphatic rings. The molecule has 0 aliphatic carbocycles. The van der Waals surface area contributed by atoms with E-state index >= 15 is 0 Å². The van der Waals surface area contributed by atoms with Crippen LogP contribution >= 0.6 is 11.8 Å². The number of thioether (sulfide) groups is 1. The summed E-state index contributed by atoms with van der Waals surface area (Å²) in [6.07, 6.45) is 5.60. The van der Waals surface area contributed by atoms with Crippen LogP contribution in [0.2, 0.25) is 0 Å². The maximum atomic E-state index is 5.51. The van der Waals surface area contributed by atoms with E-state index in [0.29, 0.717) is 30.5 Å². The summed E-state index contributed by atoms with van der Waals surface area (Å²) in [6.45, 7) is 1.27. The van der Waals surface area contributed by atoms with Gasteiger partial charge in [0.25, 0.3) is 5.89 Å². The minimum atomic E-state index is 0.412. The van der Waals surface area contributed by atoms with Crippen LogP contribution in [0.3, 0.4) is 0 Å². The van der Waals surface area contributed by atoms with Crippen molar-refractivity contribution in [3.05, 3.63) is 36.8 Å². The van der Waals surface area contributed by atoms with Crippen molar-refractivity contribution in [2.45, 2.75) is 11.4 Å². The van der Waals surface area contributed by atoms with Crippen LogP contribution in [0.5, 0.6) is 0 Å². The highest BCUT2D eigenvalue weighted by Gasteiger charge is 2.12. The average molecular weight is 301 g/mol. The van der Waals surface area contributed by atoms with Gasteiger partial charge in [0.15, 0.2) is 0 Å². The lowest BCUT2D eigenvalue weighted by atomic mass is 10.2. The molecule has 2 N–H and O–H groups in total. The average Bonchev–Trinajstić information content (AvgIpc) is 3.16. The maximum Gasteiger partial charge on any atom is 0.278 e. The standard InChI is InChI=1S/C14H15N5OS/c1-21-11-4-2-10(3-5-11)13-17-14(20-18-13)12-8-19(7-6-15)9-16-12/h2-5,8-9H,6-7,15H2,1H3. The number of imidazole rings is 1. The Labute approximate surface area is 126 Å². The summed E-state index contributed by atoms with van der Waals surface area (Å²) in [7, 11) is 0. The molecule has 2 aromatic heterocycles. The van der Waals surface area contributed by atoms with Crippen molar-refractivity contribution in [1.82, 2.24) is 19.7 Å². The summed E-state index contributed by atoms with van der Waals surface area (Å²) in [5.41, 5.74) is 7.09. The van der Waals surface area contributed by atoms with Gasteiger partial charge in [-0.15, -0.1) is 11.8 Å². The van der Waals surface area contributed by atoms with Crippen LogP contribution in [-0.4, -0.2) is 32.5 Å². The molecule has 0 fully saturated rings. The van der Waals surface area contributed by atoms with E-state index in [0.717, 1.165) is 5.56 Å². The van der Waals surface area contributed by atoms with Crippen molar-refractivity contribution >= 4 is 11.8 Å². The Morgan fingerprint density at radius 3 is 2.81 bits per heavy atom. The summed E-state index contributed by atoms with van der Waals surface area (Å²) in [5.74, 6) is 0.973. The van der Waals surface area contributed by atoms with Crippen molar-refractivity contribution < 1.29 is 4.52 Å². The van der Waals surface area contributed by atoms with Crippen molar-refractivity contribution in [2.75, 3.05) is 12.8 Å². The number of hydrogen-bond acceptors (Lipinski definition) is 6. The smallest absolute Gasteiger partial charge is 0.278 e. The normalized spacial score (nSPS) is 11.0. The zero-order chi connectivity index (χ0) is 14.7. The van der Waals surface area contributed by atoms with Crippen molar-refractivity contribution in [3.63, 3.8) is 0 Å². The van der Waals surface area contributed by atoms with Gasteiger partial charge >= 0.3 is 0 Å². The Kier molecular flexibility index (Phi) is 4.03. The molecule has 0 bridgehead atoms. The zero-order valence-electron chi connectivity index (χ0n) is 11.6. The number of hydrogen-bond donors (Lipinski definition) is 1. The zero-order valence-corrected chi connectivity index (χ0v) is 12.4. The number of aromatic nitrogens is 4. The molecule has 21 heavy (non-hydrogen) atoms. The molecule has 1 aromatic carbocycles. The molecule has 0 radical (unpaired) electrons. The topological polar surface area (TPSA) is 82.8 Å². The first-order chi connectivity index (χ1) is 10.3. The van der Waals surface area contributed by atoms with E-state index in [1.54, 1.807) is 18.1 Å². The monoisotopic (exact) mass is 301 g/mol. The van der Waals surface area contributed by atoms with Gasteiger partial charge in [-0.1, -0.05) is 5.16 Å². The molecule has 6 nitrogen and oxygen atoms in total. The minimum absolute atomic E-state index is 0.412. The number of rotatable bonds is 5. The van der Waals surface area contributed by atoms with Crippen LogP contribution in [0.1, 0.15) is 0 Å². The van der Waals surface area contributed by atoms with Gasteiger partial charge in [0.05, 0.1) is 6.33 Å². The van der Waals surface area contributed by atoms with Gasteiger partial charge in [0.1, 0.15) is 5.69 Å². The molecular weight excluding hydrogens is 286 g/mol. The van der Waals surface area contributed by atoms with E-state index < -0.39 is 0 Å². The summed E-state index contributed by atoms with van der Waals surface area (Å²) in [4.78, 5) is 9.83. The van der Waals surface area contributed by atoms with E-state index in [9.17, 15) is 0 Å². The molecular formula is C14H15N5OS. The van der Waals surface area contributed by atoms with E-state index in [1.807, 2.05) is 41.3 Å². The fourth-order valence-electron chi connectivity index (χ4n) is 1.93. The minimum Gasteiger partial charge on any atom is -0.335 e. The second-order valence-corrected chi connectivity index (χ2v) is 5.32. The van der Waals surface area contributed by atoms with Crippen molar-refractivity contribution in [3.8, 4) is 23.0 Å². The van der Waals surface area contributed by atoms with Gasteiger partial charge in [0.2, 0.25) is 5.82 Å². The lowest BCUT2D eigenvalue weighted by molar-refractivity contribution is 0.431. The Morgan fingerprint density at radius 1 is 1.29 bits per heavy atom. The van der Waals surface area contributed by atoms with E-state index in [1.165, 1.54) is 4.90 Å². The molecule has 0 spiro atoms. The number of nitrogens with zero attached hydrogens (tertiary/aromatic N) is 4. The summed E-state index contributed by atoms with van der Waals surface area (Å²) in [5, 5.41) is 4.01. The highest BCUT2D eigenvalue weighted by molar-refractivity contribution is 7.98. The molecule has 2 heterocycles. The number of benzene rings is 1. The first-order valence-electron chi connectivity index (χ1n) is 6.50. The summed E-state index contributed by atoms with van der Waals surface area (Å²) >= 11 is 1.69. The van der Waals surface area contributed by atoms with E-state index in [2.05, 4.69) is 15.1 Å². The van der Waals surface area contributed by atoms with Gasteiger partial charge in [-0.05, 0) is 30.5 Å². The molecule has 0 saturated carbocycles. The summed E-state index contributed by atoms with van der Waals surface area (Å²) in [6, 6.07) is 8.03. The van der Waals surface area contributed by atoms with Gasteiger partial charge in [-0.2, -0.15) is 4.98 Å². The first kappa shape index (κ1) is 13.8. The molecule has 108 valence electrons. The van der Waals surface area contributed by atoms with E-state index in [4.69, 9.17) is 10.3 Å². The van der Waals surface area contributed by atoms with Gasteiger partial charge in [-0.25, -0.2) is 4.98 Å². The third-order valence-corrected chi connectivity index (χ3v) is 3.76. The molecule has 7 heteroatoms. The number of nitrogens with two attached hydrogens (primary N) is 1. The van der Waals surface area contributed by atoms with Crippen LogP contribution in [-0.2, 0) is 6.54 Å². The largest absolute Gasteiger partial charge is 0.335 e. The van der Waals surface area contributed by atoms with E-state index in [-0.39, 0.29) is 0 Å². The quantitative estimate of drug-likeness (QED) is 0.728. The summed E-state index contributed by atoms with van der Waals surface area (Å²) < 4.78 is 7.18. The Bertz CT molecular complexity index is 719. The molecule has 3 aromatic rings. The third-order valence-electron chi connectivity index (χ3n) is 3.01. The molecule has 0 saturated heterocycles.